The highest BCUT2D eigenvalue weighted by Gasteiger charge is 2.27. The van der Waals surface area contributed by atoms with Gasteiger partial charge in [0.15, 0.2) is 6.10 Å². The monoisotopic (exact) mass is 362 g/mol. The molecule has 1 unspecified atom stereocenters. The lowest BCUT2D eigenvalue weighted by Crippen LogP contribution is -2.37. The van der Waals surface area contributed by atoms with Crippen LogP contribution in [0.2, 0.25) is 0 Å². The molecule has 1 saturated carbocycles. The number of ether oxygens (including phenoxy) is 1. The van der Waals surface area contributed by atoms with Crippen LogP contribution in [-0.4, -0.2) is 29.0 Å². The highest BCUT2D eigenvalue weighted by atomic mass is 32.2. The molecule has 0 bridgehead atoms. The minimum absolute atomic E-state index is 0.238. The highest BCUT2D eigenvalue weighted by molar-refractivity contribution is 7.98. The van der Waals surface area contributed by atoms with Crippen LogP contribution in [0.5, 0.6) is 0 Å². The SMILES string of the molecule is CC(OC(=O)c1ccccc1SCc1cscn1)C(=O)NC1CC1. The number of rotatable bonds is 7. The van der Waals surface area contributed by atoms with Crippen LogP contribution in [0.3, 0.4) is 0 Å². The van der Waals surface area contributed by atoms with Crippen molar-refractivity contribution in [2.75, 3.05) is 0 Å². The summed E-state index contributed by atoms with van der Waals surface area (Å²) in [5.41, 5.74) is 3.24. The number of aromatic nitrogens is 1. The Morgan fingerprint density at radius 2 is 2.21 bits per heavy atom. The number of nitrogens with zero attached hydrogens (tertiary/aromatic N) is 1. The molecule has 1 heterocycles. The molecule has 0 spiro atoms. The Labute approximate surface area is 148 Å². The highest BCUT2D eigenvalue weighted by Crippen LogP contribution is 2.27. The van der Waals surface area contributed by atoms with E-state index < -0.39 is 12.1 Å². The summed E-state index contributed by atoms with van der Waals surface area (Å²) < 4.78 is 5.33. The average Bonchev–Trinajstić information content (AvgIpc) is 3.24. The lowest BCUT2D eigenvalue weighted by atomic mass is 10.2. The Morgan fingerprint density at radius 1 is 1.42 bits per heavy atom. The van der Waals surface area contributed by atoms with Crippen LogP contribution in [0.1, 0.15) is 35.8 Å². The van der Waals surface area contributed by atoms with Crippen molar-refractivity contribution in [2.24, 2.45) is 0 Å². The summed E-state index contributed by atoms with van der Waals surface area (Å²) in [6, 6.07) is 7.52. The Balaban J connectivity index is 1.62. The first-order valence-corrected chi connectivity index (χ1v) is 9.66. The molecule has 1 aliphatic carbocycles. The molecule has 5 nitrogen and oxygen atoms in total. The Bertz CT molecular complexity index is 714. The summed E-state index contributed by atoms with van der Waals surface area (Å²) in [7, 11) is 0. The van der Waals surface area contributed by atoms with Gasteiger partial charge in [-0.1, -0.05) is 12.1 Å². The molecule has 126 valence electrons. The van der Waals surface area contributed by atoms with Crippen molar-refractivity contribution in [3.8, 4) is 0 Å². The van der Waals surface area contributed by atoms with E-state index in [2.05, 4.69) is 10.3 Å². The lowest BCUT2D eigenvalue weighted by Gasteiger charge is -2.14. The smallest absolute Gasteiger partial charge is 0.340 e. The number of carbonyl (C=O) groups excluding carboxylic acids is 2. The molecule has 0 aliphatic heterocycles. The summed E-state index contributed by atoms with van der Waals surface area (Å²) in [6.07, 6.45) is 1.21. The summed E-state index contributed by atoms with van der Waals surface area (Å²) in [5, 5.41) is 4.82. The molecule has 1 N–H and O–H groups in total. The predicted octanol–water partition coefficient (Wildman–Crippen LogP) is 3.26. The molecule has 1 atom stereocenters. The van der Waals surface area contributed by atoms with Crippen LogP contribution in [0.15, 0.2) is 40.1 Å². The molecule has 24 heavy (non-hydrogen) atoms. The first kappa shape index (κ1) is 17.0. The van der Waals surface area contributed by atoms with Gasteiger partial charge < -0.3 is 10.1 Å². The van der Waals surface area contributed by atoms with Crippen LogP contribution in [0, 0.1) is 0 Å². The van der Waals surface area contributed by atoms with Crippen molar-refractivity contribution in [3.05, 3.63) is 46.4 Å². The number of carbonyl (C=O) groups is 2. The standard InChI is InChI=1S/C17H18N2O3S2/c1-11(16(20)19-12-6-7-12)22-17(21)14-4-2-3-5-15(14)24-9-13-8-23-10-18-13/h2-5,8,10-12H,6-7,9H2,1H3,(H,19,20). The molecule has 1 aromatic heterocycles. The third-order valence-corrected chi connectivity index (χ3v) is 5.29. The number of hydrogen-bond acceptors (Lipinski definition) is 6. The van der Waals surface area contributed by atoms with Gasteiger partial charge in [0, 0.05) is 22.1 Å². The first-order valence-electron chi connectivity index (χ1n) is 7.73. The fourth-order valence-corrected chi connectivity index (χ4v) is 3.65. The van der Waals surface area contributed by atoms with Crippen molar-refractivity contribution in [3.63, 3.8) is 0 Å². The number of esters is 1. The van der Waals surface area contributed by atoms with E-state index in [-0.39, 0.29) is 11.9 Å². The molecule has 0 radical (unpaired) electrons. The number of benzene rings is 1. The topological polar surface area (TPSA) is 68.3 Å². The average molecular weight is 362 g/mol. The second-order valence-corrected chi connectivity index (χ2v) is 7.33. The van der Waals surface area contributed by atoms with Crippen molar-refractivity contribution >= 4 is 35.0 Å². The maximum Gasteiger partial charge on any atom is 0.340 e. The quantitative estimate of drug-likeness (QED) is 0.605. The molecule has 7 heteroatoms. The maximum atomic E-state index is 12.4. The molecule has 1 aromatic carbocycles. The fourth-order valence-electron chi connectivity index (χ4n) is 2.05. The summed E-state index contributed by atoms with van der Waals surface area (Å²) >= 11 is 3.08. The van der Waals surface area contributed by atoms with Crippen molar-refractivity contribution in [2.45, 2.75) is 42.6 Å². The van der Waals surface area contributed by atoms with E-state index >= 15 is 0 Å². The zero-order chi connectivity index (χ0) is 16.9. The zero-order valence-corrected chi connectivity index (χ0v) is 14.9. The van der Waals surface area contributed by atoms with Gasteiger partial charge in [-0.05, 0) is 31.9 Å². The van der Waals surface area contributed by atoms with Crippen molar-refractivity contribution < 1.29 is 14.3 Å². The van der Waals surface area contributed by atoms with Gasteiger partial charge in [-0.15, -0.1) is 23.1 Å². The molecule has 1 fully saturated rings. The van der Waals surface area contributed by atoms with Crippen molar-refractivity contribution in [1.29, 1.82) is 0 Å². The molecule has 2 aromatic rings. The number of thiazole rings is 1. The molecular weight excluding hydrogens is 344 g/mol. The number of hydrogen-bond donors (Lipinski definition) is 1. The van der Waals surface area contributed by atoms with E-state index in [1.165, 1.54) is 11.8 Å². The Morgan fingerprint density at radius 3 is 2.92 bits per heavy atom. The van der Waals surface area contributed by atoms with Gasteiger partial charge in [0.25, 0.3) is 5.91 Å². The minimum atomic E-state index is -0.797. The van der Waals surface area contributed by atoms with Gasteiger partial charge in [0.1, 0.15) is 0 Å². The van der Waals surface area contributed by atoms with E-state index in [4.69, 9.17) is 4.74 Å². The number of thioether (sulfide) groups is 1. The maximum absolute atomic E-state index is 12.4. The van der Waals surface area contributed by atoms with Crippen LogP contribution in [-0.2, 0) is 15.3 Å². The van der Waals surface area contributed by atoms with Gasteiger partial charge >= 0.3 is 5.97 Å². The minimum Gasteiger partial charge on any atom is -0.449 e. The van der Waals surface area contributed by atoms with Crippen LogP contribution in [0.25, 0.3) is 0 Å². The molecule has 1 amide bonds. The van der Waals surface area contributed by atoms with Gasteiger partial charge in [0.05, 0.1) is 16.8 Å². The third kappa shape index (κ3) is 4.58. The second-order valence-electron chi connectivity index (χ2n) is 5.60. The van der Waals surface area contributed by atoms with E-state index in [0.29, 0.717) is 11.3 Å². The van der Waals surface area contributed by atoms with Gasteiger partial charge in [-0.3, -0.25) is 4.79 Å². The Hall–Kier alpha value is -1.86. The van der Waals surface area contributed by atoms with Crippen molar-refractivity contribution in [1.82, 2.24) is 10.3 Å². The zero-order valence-electron chi connectivity index (χ0n) is 13.2. The van der Waals surface area contributed by atoms with Gasteiger partial charge in [-0.2, -0.15) is 0 Å². The fraction of sp³-hybridized carbons (Fsp3) is 0.353. The van der Waals surface area contributed by atoms with Gasteiger partial charge in [-0.25, -0.2) is 9.78 Å². The third-order valence-electron chi connectivity index (χ3n) is 3.54. The molecule has 1 aliphatic rings. The van der Waals surface area contributed by atoms with Crippen LogP contribution >= 0.6 is 23.1 Å². The predicted molar refractivity (Wildman–Crippen MR) is 94.2 cm³/mol. The normalized spacial score (nSPS) is 14.9. The molecule has 3 rings (SSSR count). The first-order chi connectivity index (χ1) is 11.6. The Kier molecular flexibility index (Phi) is 5.52. The van der Waals surface area contributed by atoms with E-state index in [9.17, 15) is 9.59 Å². The van der Waals surface area contributed by atoms with Crippen LogP contribution < -0.4 is 5.32 Å². The van der Waals surface area contributed by atoms with E-state index in [0.717, 1.165) is 23.4 Å². The summed E-state index contributed by atoms with van der Waals surface area (Å²) in [4.78, 5) is 29.4. The van der Waals surface area contributed by atoms with Crippen LogP contribution in [0.4, 0.5) is 0 Å². The lowest BCUT2D eigenvalue weighted by molar-refractivity contribution is -0.129. The molecule has 0 saturated heterocycles. The molecular formula is C17H18N2O3S2. The number of amides is 1. The van der Waals surface area contributed by atoms with Gasteiger partial charge in [0.2, 0.25) is 0 Å². The summed E-state index contributed by atoms with van der Waals surface area (Å²) in [5.74, 6) is -0.0285. The van der Waals surface area contributed by atoms with E-state index in [1.807, 2.05) is 17.5 Å². The largest absolute Gasteiger partial charge is 0.449 e. The summed E-state index contributed by atoms with van der Waals surface area (Å²) in [6.45, 7) is 1.60. The van der Waals surface area contributed by atoms with E-state index in [1.54, 1.807) is 35.9 Å². The number of nitrogens with one attached hydrogen (secondary N) is 1. The second kappa shape index (κ2) is 7.81.